The average molecular weight is 425 g/mol. The molecule has 7 heteroatoms. The second-order valence-electron chi connectivity index (χ2n) is 9.07. The van der Waals surface area contributed by atoms with Crippen LogP contribution in [0.3, 0.4) is 0 Å². The number of aromatic nitrogens is 2. The van der Waals surface area contributed by atoms with Crippen molar-refractivity contribution < 1.29 is 14.3 Å². The van der Waals surface area contributed by atoms with Gasteiger partial charge in [-0.05, 0) is 31.2 Å². The number of amides is 2. The molecule has 0 spiro atoms. The zero-order valence-electron chi connectivity index (χ0n) is 18.9. The first-order chi connectivity index (χ1) is 14.8. The summed E-state index contributed by atoms with van der Waals surface area (Å²) in [6, 6.07) is 7.61. The Kier molecular flexibility index (Phi) is 7.25. The van der Waals surface area contributed by atoms with E-state index in [1.165, 1.54) is 6.33 Å². The van der Waals surface area contributed by atoms with Gasteiger partial charge in [-0.3, -0.25) is 9.59 Å². The molecule has 1 aromatic heterocycles. The fraction of sp³-hybridized carbons (Fsp3) is 0.500. The number of carbonyl (C=O) groups excluding carboxylic acids is 2. The van der Waals surface area contributed by atoms with Gasteiger partial charge in [0.05, 0.1) is 18.4 Å². The van der Waals surface area contributed by atoms with Crippen molar-refractivity contribution in [3.05, 3.63) is 53.6 Å². The fourth-order valence-corrected chi connectivity index (χ4v) is 3.91. The van der Waals surface area contributed by atoms with E-state index in [0.717, 1.165) is 42.9 Å². The number of nitrogens with one attached hydrogen (secondary N) is 1. The van der Waals surface area contributed by atoms with Crippen molar-refractivity contribution in [2.24, 2.45) is 11.3 Å². The summed E-state index contributed by atoms with van der Waals surface area (Å²) in [5, 5.41) is 2.95. The van der Waals surface area contributed by atoms with Crippen LogP contribution in [0, 0.1) is 11.3 Å². The van der Waals surface area contributed by atoms with Crippen molar-refractivity contribution in [2.75, 3.05) is 20.2 Å². The first-order valence-corrected chi connectivity index (χ1v) is 10.8. The normalized spacial score (nSPS) is 14.9. The monoisotopic (exact) mass is 424 g/mol. The zero-order valence-corrected chi connectivity index (χ0v) is 18.9. The topological polar surface area (TPSA) is 84.4 Å². The number of methoxy groups -OCH3 is 1. The Labute approximate surface area is 184 Å². The highest BCUT2D eigenvalue weighted by atomic mass is 16.5. The van der Waals surface area contributed by atoms with E-state index >= 15 is 0 Å². The van der Waals surface area contributed by atoms with Gasteiger partial charge < -0.3 is 15.0 Å². The molecule has 2 amide bonds. The van der Waals surface area contributed by atoms with Crippen LogP contribution in [0.4, 0.5) is 0 Å². The van der Waals surface area contributed by atoms with E-state index < -0.39 is 0 Å². The van der Waals surface area contributed by atoms with E-state index in [9.17, 15) is 9.59 Å². The summed E-state index contributed by atoms with van der Waals surface area (Å²) in [7, 11) is 1.62. The number of nitrogens with zero attached hydrogens (tertiary/aromatic N) is 3. The third kappa shape index (κ3) is 5.81. The van der Waals surface area contributed by atoms with E-state index in [4.69, 9.17) is 4.74 Å². The first-order valence-electron chi connectivity index (χ1n) is 10.8. The summed E-state index contributed by atoms with van der Waals surface area (Å²) in [6.45, 7) is 7.74. The molecule has 1 saturated heterocycles. The van der Waals surface area contributed by atoms with E-state index in [-0.39, 0.29) is 17.2 Å². The van der Waals surface area contributed by atoms with Crippen LogP contribution in [0.15, 0.2) is 36.8 Å². The molecule has 0 saturated carbocycles. The molecule has 7 nitrogen and oxygen atoms in total. The minimum absolute atomic E-state index is 0.193. The number of likely N-dealkylation sites (tertiary alicyclic amines) is 1. The summed E-state index contributed by atoms with van der Waals surface area (Å²) in [6.07, 6.45) is 5.60. The molecule has 31 heavy (non-hydrogen) atoms. The van der Waals surface area contributed by atoms with Gasteiger partial charge in [0.1, 0.15) is 12.1 Å². The second-order valence-corrected chi connectivity index (χ2v) is 9.07. The Balaban J connectivity index is 1.61. The maximum atomic E-state index is 12.8. The molecule has 0 atom stereocenters. The third-order valence-corrected chi connectivity index (χ3v) is 5.70. The summed E-state index contributed by atoms with van der Waals surface area (Å²) in [5.74, 6) is 1.13. The molecule has 1 aliphatic heterocycles. The van der Waals surface area contributed by atoms with Gasteiger partial charge in [0, 0.05) is 36.8 Å². The highest BCUT2D eigenvalue weighted by molar-refractivity contribution is 5.94. The summed E-state index contributed by atoms with van der Waals surface area (Å²) >= 11 is 0. The Morgan fingerprint density at radius 2 is 1.90 bits per heavy atom. The maximum Gasteiger partial charge on any atom is 0.254 e. The Bertz CT molecular complexity index is 915. The van der Waals surface area contributed by atoms with Crippen LogP contribution in [0.1, 0.15) is 55.2 Å². The molecular formula is C24H32N4O3. The highest BCUT2D eigenvalue weighted by Gasteiger charge is 2.30. The number of ether oxygens (including phenoxy) is 1. The smallest absolute Gasteiger partial charge is 0.254 e. The van der Waals surface area contributed by atoms with Gasteiger partial charge in [0.15, 0.2) is 0 Å². The molecule has 3 rings (SSSR count). The van der Waals surface area contributed by atoms with Gasteiger partial charge in [-0.1, -0.05) is 39.0 Å². The second kappa shape index (κ2) is 9.90. The molecule has 1 N–H and O–H groups in total. The molecule has 2 aromatic rings. The fourth-order valence-electron chi connectivity index (χ4n) is 3.91. The van der Waals surface area contributed by atoms with Crippen molar-refractivity contribution in [3.63, 3.8) is 0 Å². The zero-order chi connectivity index (χ0) is 22.4. The van der Waals surface area contributed by atoms with Gasteiger partial charge >= 0.3 is 0 Å². The highest BCUT2D eigenvalue weighted by Crippen LogP contribution is 2.26. The number of carbonyl (C=O) groups is 2. The molecule has 0 unspecified atom stereocenters. The maximum absolute atomic E-state index is 12.8. The van der Waals surface area contributed by atoms with E-state index in [0.29, 0.717) is 24.4 Å². The summed E-state index contributed by atoms with van der Waals surface area (Å²) in [5.41, 5.74) is 1.82. The average Bonchev–Trinajstić information content (AvgIpc) is 2.77. The van der Waals surface area contributed by atoms with Gasteiger partial charge in [-0.2, -0.15) is 0 Å². The van der Waals surface area contributed by atoms with Crippen molar-refractivity contribution in [1.29, 1.82) is 0 Å². The van der Waals surface area contributed by atoms with Gasteiger partial charge in [0.25, 0.3) is 5.91 Å². The number of para-hydroxylation sites is 1. The number of rotatable bonds is 6. The Hall–Kier alpha value is -2.96. The predicted octanol–water partition coefficient (Wildman–Crippen LogP) is 3.24. The Morgan fingerprint density at radius 3 is 2.58 bits per heavy atom. The standard InChI is InChI=1S/C24H32N4O3/c1-24(2,3)23(30)28-11-9-17(10-12-28)13-20-19(15-25-16-27-20)22(29)26-14-18-7-5-6-8-21(18)31-4/h5-8,15-17H,9-14H2,1-4H3,(H,26,29). The number of hydrogen-bond acceptors (Lipinski definition) is 5. The van der Waals surface area contributed by atoms with E-state index in [2.05, 4.69) is 15.3 Å². The van der Waals surface area contributed by atoms with Gasteiger partial charge in [0.2, 0.25) is 5.91 Å². The SMILES string of the molecule is COc1ccccc1CNC(=O)c1cncnc1CC1CCN(C(=O)C(C)(C)C)CC1. The molecular weight excluding hydrogens is 392 g/mol. The van der Waals surface area contributed by atoms with Crippen LogP contribution in [0.2, 0.25) is 0 Å². The first kappa shape index (κ1) is 22.7. The lowest BCUT2D eigenvalue weighted by Gasteiger charge is -2.35. The molecule has 1 aliphatic rings. The quantitative estimate of drug-likeness (QED) is 0.770. The van der Waals surface area contributed by atoms with Crippen molar-refractivity contribution in [2.45, 2.75) is 46.6 Å². The van der Waals surface area contributed by atoms with E-state index in [1.54, 1.807) is 13.3 Å². The minimum Gasteiger partial charge on any atom is -0.496 e. The van der Waals surface area contributed by atoms with Gasteiger partial charge in [-0.25, -0.2) is 9.97 Å². The van der Waals surface area contributed by atoms with Crippen LogP contribution >= 0.6 is 0 Å². The molecule has 1 fully saturated rings. The van der Waals surface area contributed by atoms with Crippen molar-refractivity contribution >= 4 is 11.8 Å². The van der Waals surface area contributed by atoms with E-state index in [1.807, 2.05) is 49.9 Å². The minimum atomic E-state index is -0.355. The number of piperidine rings is 1. The summed E-state index contributed by atoms with van der Waals surface area (Å²) in [4.78, 5) is 35.8. The molecule has 166 valence electrons. The van der Waals surface area contributed by atoms with Gasteiger partial charge in [-0.15, -0.1) is 0 Å². The lowest BCUT2D eigenvalue weighted by molar-refractivity contribution is -0.140. The lowest BCUT2D eigenvalue weighted by atomic mass is 9.88. The van der Waals surface area contributed by atoms with Crippen LogP contribution in [-0.2, 0) is 17.8 Å². The molecule has 2 heterocycles. The van der Waals surface area contributed by atoms with Crippen LogP contribution in [0.5, 0.6) is 5.75 Å². The Morgan fingerprint density at radius 1 is 1.19 bits per heavy atom. The molecule has 0 radical (unpaired) electrons. The molecule has 0 aliphatic carbocycles. The van der Waals surface area contributed by atoms with Crippen LogP contribution in [0.25, 0.3) is 0 Å². The number of benzene rings is 1. The third-order valence-electron chi connectivity index (χ3n) is 5.70. The lowest BCUT2D eigenvalue weighted by Crippen LogP contribution is -2.44. The molecule has 0 bridgehead atoms. The number of hydrogen-bond donors (Lipinski definition) is 1. The largest absolute Gasteiger partial charge is 0.496 e. The van der Waals surface area contributed by atoms with Crippen molar-refractivity contribution in [3.8, 4) is 5.75 Å². The molecule has 1 aromatic carbocycles. The summed E-state index contributed by atoms with van der Waals surface area (Å²) < 4.78 is 5.35. The van der Waals surface area contributed by atoms with Crippen LogP contribution < -0.4 is 10.1 Å². The van der Waals surface area contributed by atoms with Crippen molar-refractivity contribution in [1.82, 2.24) is 20.2 Å². The predicted molar refractivity (Wildman–Crippen MR) is 119 cm³/mol. The van der Waals surface area contributed by atoms with Crippen LogP contribution in [-0.4, -0.2) is 46.9 Å².